The van der Waals surface area contributed by atoms with Gasteiger partial charge in [-0.1, -0.05) is 12.8 Å². The van der Waals surface area contributed by atoms with Crippen molar-refractivity contribution in [2.24, 2.45) is 0 Å². The van der Waals surface area contributed by atoms with Crippen molar-refractivity contribution in [3.63, 3.8) is 0 Å². The number of nitrogens with zero attached hydrogens (tertiary/aromatic N) is 3. The summed E-state index contributed by atoms with van der Waals surface area (Å²) >= 11 is 0. The summed E-state index contributed by atoms with van der Waals surface area (Å²) < 4.78 is 39.1. The fourth-order valence-electron chi connectivity index (χ4n) is 3.88. The zero-order valence-corrected chi connectivity index (χ0v) is 15.5. The summed E-state index contributed by atoms with van der Waals surface area (Å²) in [6.07, 6.45) is -1.53. The average molecular weight is 399 g/mol. The molecule has 0 atom stereocenters. The number of aromatic nitrogens is 1. The number of imide groups is 2. The molecule has 152 valence electrons. The third kappa shape index (κ3) is 3.55. The average Bonchev–Trinajstić information content (AvgIpc) is 3.26. The first kappa shape index (κ1) is 20.1. The van der Waals surface area contributed by atoms with E-state index in [1.54, 1.807) is 0 Å². The van der Waals surface area contributed by atoms with Crippen LogP contribution < -0.4 is 0 Å². The molecular formula is C18H20F3N3O4. The van der Waals surface area contributed by atoms with Crippen LogP contribution in [-0.4, -0.2) is 56.8 Å². The highest BCUT2D eigenvalue weighted by Crippen LogP contribution is 2.28. The van der Waals surface area contributed by atoms with Crippen LogP contribution in [0.3, 0.4) is 0 Å². The van der Waals surface area contributed by atoms with Gasteiger partial charge in [0.2, 0.25) is 0 Å². The van der Waals surface area contributed by atoms with Crippen molar-refractivity contribution < 1.29 is 32.3 Å². The van der Waals surface area contributed by atoms with E-state index in [0.717, 1.165) is 22.3 Å². The number of aryl methyl sites for hydroxylation is 1. The highest BCUT2D eigenvalue weighted by Gasteiger charge is 2.48. The molecule has 1 saturated carbocycles. The lowest BCUT2D eigenvalue weighted by Crippen LogP contribution is -2.41. The summed E-state index contributed by atoms with van der Waals surface area (Å²) in [5.41, 5.74) is 0.327. The maximum absolute atomic E-state index is 12.7. The second kappa shape index (κ2) is 7.06. The SMILES string of the molecule is Cc1cc(C(=O)CN2C(=O)C(=O)N(C3CCCC3)C2=O)c(C)n1CC(F)(F)F. The molecule has 3 rings (SSSR count). The maximum Gasteiger partial charge on any atom is 0.406 e. The van der Waals surface area contributed by atoms with E-state index in [2.05, 4.69) is 0 Å². The summed E-state index contributed by atoms with van der Waals surface area (Å²) in [4.78, 5) is 51.0. The van der Waals surface area contributed by atoms with Gasteiger partial charge in [0.25, 0.3) is 0 Å². The third-order valence-corrected chi connectivity index (χ3v) is 5.29. The fourth-order valence-corrected chi connectivity index (χ4v) is 3.88. The highest BCUT2D eigenvalue weighted by molar-refractivity contribution is 6.45. The van der Waals surface area contributed by atoms with Crippen LogP contribution in [0.25, 0.3) is 0 Å². The summed E-state index contributed by atoms with van der Waals surface area (Å²) in [6.45, 7) is 0.888. The predicted molar refractivity (Wildman–Crippen MR) is 90.5 cm³/mol. The van der Waals surface area contributed by atoms with Gasteiger partial charge in [-0.3, -0.25) is 19.3 Å². The quantitative estimate of drug-likeness (QED) is 0.433. The second-order valence-corrected chi connectivity index (χ2v) is 7.20. The van der Waals surface area contributed by atoms with Crippen molar-refractivity contribution in [1.29, 1.82) is 0 Å². The molecule has 2 heterocycles. The monoisotopic (exact) mass is 399 g/mol. The van der Waals surface area contributed by atoms with Crippen LogP contribution in [0.1, 0.15) is 47.4 Å². The molecule has 1 aromatic rings. The van der Waals surface area contributed by atoms with Crippen LogP contribution in [0.5, 0.6) is 0 Å². The minimum absolute atomic E-state index is 0.00545. The molecule has 0 bridgehead atoms. The fraction of sp³-hybridized carbons (Fsp3) is 0.556. The first-order chi connectivity index (χ1) is 13.0. The van der Waals surface area contributed by atoms with E-state index >= 15 is 0 Å². The first-order valence-corrected chi connectivity index (χ1v) is 8.97. The van der Waals surface area contributed by atoms with Crippen molar-refractivity contribution in [3.8, 4) is 0 Å². The Morgan fingerprint density at radius 1 is 1.11 bits per heavy atom. The molecule has 0 aromatic carbocycles. The third-order valence-electron chi connectivity index (χ3n) is 5.29. The lowest BCUT2D eigenvalue weighted by molar-refractivity contribution is -0.143. The minimum Gasteiger partial charge on any atom is -0.339 e. The Labute approximate surface area is 159 Å². The number of Topliss-reactive ketones (excluding diaryl/α,β-unsaturated/α-hetero) is 1. The summed E-state index contributed by atoms with van der Waals surface area (Å²) in [5, 5.41) is 0. The molecule has 1 aromatic heterocycles. The number of urea groups is 1. The molecule has 0 spiro atoms. The Kier molecular flexibility index (Phi) is 5.07. The molecule has 0 radical (unpaired) electrons. The van der Waals surface area contributed by atoms with Crippen molar-refractivity contribution in [2.75, 3.05) is 6.54 Å². The van der Waals surface area contributed by atoms with Gasteiger partial charge in [0.05, 0.1) is 6.54 Å². The van der Waals surface area contributed by atoms with Gasteiger partial charge in [-0.05, 0) is 32.8 Å². The molecule has 0 N–H and O–H groups in total. The lowest BCUT2D eigenvalue weighted by atomic mass is 10.1. The number of carbonyl (C=O) groups is 4. The van der Waals surface area contributed by atoms with Gasteiger partial charge in [0.1, 0.15) is 6.54 Å². The topological polar surface area (TPSA) is 79.7 Å². The van der Waals surface area contributed by atoms with Gasteiger partial charge in [0.15, 0.2) is 5.78 Å². The summed E-state index contributed by atoms with van der Waals surface area (Å²) in [5.74, 6) is -2.72. The van der Waals surface area contributed by atoms with Gasteiger partial charge in [-0.2, -0.15) is 13.2 Å². The number of hydrogen-bond donors (Lipinski definition) is 0. The Morgan fingerprint density at radius 3 is 2.29 bits per heavy atom. The Bertz CT molecular complexity index is 853. The minimum atomic E-state index is -4.45. The zero-order valence-electron chi connectivity index (χ0n) is 15.5. The van der Waals surface area contributed by atoms with Crippen molar-refractivity contribution in [1.82, 2.24) is 14.4 Å². The van der Waals surface area contributed by atoms with Crippen LogP contribution >= 0.6 is 0 Å². The van der Waals surface area contributed by atoms with Crippen molar-refractivity contribution >= 4 is 23.6 Å². The van der Waals surface area contributed by atoms with E-state index in [4.69, 9.17) is 0 Å². The van der Waals surface area contributed by atoms with E-state index in [0.29, 0.717) is 17.7 Å². The molecule has 2 aliphatic rings. The molecule has 1 aliphatic heterocycles. The largest absolute Gasteiger partial charge is 0.406 e. The molecule has 1 aliphatic carbocycles. The normalized spacial score (nSPS) is 18.7. The molecule has 4 amide bonds. The Hall–Kier alpha value is -2.65. The lowest BCUT2D eigenvalue weighted by Gasteiger charge is -2.20. The first-order valence-electron chi connectivity index (χ1n) is 8.97. The summed E-state index contributed by atoms with van der Waals surface area (Å²) in [7, 11) is 0. The number of alkyl halides is 3. The van der Waals surface area contributed by atoms with Gasteiger partial charge < -0.3 is 4.57 Å². The van der Waals surface area contributed by atoms with Gasteiger partial charge in [0, 0.05) is 23.0 Å². The number of ketones is 1. The van der Waals surface area contributed by atoms with Crippen molar-refractivity contribution in [3.05, 3.63) is 23.0 Å². The number of hydrogen-bond acceptors (Lipinski definition) is 4. The van der Waals surface area contributed by atoms with E-state index in [1.165, 1.54) is 19.9 Å². The molecule has 0 unspecified atom stereocenters. The Balaban J connectivity index is 1.79. The molecule has 7 nitrogen and oxygen atoms in total. The van der Waals surface area contributed by atoms with E-state index in [9.17, 15) is 32.3 Å². The van der Waals surface area contributed by atoms with Crippen LogP contribution in [0.4, 0.5) is 18.0 Å². The molecular weight excluding hydrogens is 379 g/mol. The van der Waals surface area contributed by atoms with E-state index < -0.39 is 42.9 Å². The number of rotatable bonds is 5. The molecule has 10 heteroatoms. The van der Waals surface area contributed by atoms with Crippen LogP contribution in [0.15, 0.2) is 6.07 Å². The maximum atomic E-state index is 12.7. The number of amides is 4. The molecule has 28 heavy (non-hydrogen) atoms. The van der Waals surface area contributed by atoms with Gasteiger partial charge >= 0.3 is 24.0 Å². The number of carbonyl (C=O) groups excluding carboxylic acids is 4. The van der Waals surface area contributed by atoms with E-state index in [-0.39, 0.29) is 23.0 Å². The van der Waals surface area contributed by atoms with Crippen LogP contribution in [0.2, 0.25) is 0 Å². The Morgan fingerprint density at radius 2 is 1.71 bits per heavy atom. The standard InChI is InChI=1S/C18H20F3N3O4/c1-10-7-13(11(2)23(10)9-18(19,20)21)14(25)8-22-15(26)16(27)24(17(22)28)12-5-3-4-6-12/h7,12H,3-6,8-9H2,1-2H3. The zero-order chi connectivity index (χ0) is 20.8. The second-order valence-electron chi connectivity index (χ2n) is 7.20. The van der Waals surface area contributed by atoms with Crippen LogP contribution in [0, 0.1) is 13.8 Å². The van der Waals surface area contributed by atoms with Crippen molar-refractivity contribution in [2.45, 2.75) is 58.3 Å². The molecule has 2 fully saturated rings. The van der Waals surface area contributed by atoms with Gasteiger partial charge in [-0.15, -0.1) is 0 Å². The van der Waals surface area contributed by atoms with Gasteiger partial charge in [-0.25, -0.2) is 9.69 Å². The van der Waals surface area contributed by atoms with E-state index in [1.807, 2.05) is 0 Å². The summed E-state index contributed by atoms with van der Waals surface area (Å²) in [6, 6.07) is 0.116. The molecule has 1 saturated heterocycles. The predicted octanol–water partition coefficient (Wildman–Crippen LogP) is 2.58. The number of halogens is 3. The highest BCUT2D eigenvalue weighted by atomic mass is 19.4. The van der Waals surface area contributed by atoms with Crippen LogP contribution in [-0.2, 0) is 16.1 Å². The smallest absolute Gasteiger partial charge is 0.339 e.